The molecule has 1 aromatic carbocycles. The number of rotatable bonds is 3. The van der Waals surface area contributed by atoms with Crippen LogP contribution in [0.5, 0.6) is 0 Å². The maximum atomic E-state index is 14.5. The van der Waals surface area contributed by atoms with E-state index in [1.807, 2.05) is 23.1 Å². The maximum Gasteiger partial charge on any atom is 0.271 e. The third kappa shape index (κ3) is 2.99. The van der Waals surface area contributed by atoms with E-state index in [2.05, 4.69) is 20.8 Å². The summed E-state index contributed by atoms with van der Waals surface area (Å²) >= 11 is 3.35. The number of benzene rings is 1. The fourth-order valence-corrected chi connectivity index (χ4v) is 3.83. The Morgan fingerprint density at radius 1 is 1.24 bits per heavy atom. The Labute approximate surface area is 131 Å². The van der Waals surface area contributed by atoms with Gasteiger partial charge in [0.2, 0.25) is 0 Å². The van der Waals surface area contributed by atoms with Gasteiger partial charge in [-0.1, -0.05) is 22.0 Å². The Hall–Kier alpha value is -0.560. The monoisotopic (exact) mass is 360 g/mol. The second-order valence-electron chi connectivity index (χ2n) is 5.78. The van der Waals surface area contributed by atoms with Crippen LogP contribution < -0.4 is 0 Å². The van der Waals surface area contributed by atoms with Gasteiger partial charge in [0.15, 0.2) is 0 Å². The van der Waals surface area contributed by atoms with Crippen molar-refractivity contribution >= 4 is 15.9 Å². The molecule has 1 N–H and O–H groups in total. The van der Waals surface area contributed by atoms with Crippen molar-refractivity contribution in [1.29, 1.82) is 0 Å². The first-order valence-corrected chi connectivity index (χ1v) is 8.04. The van der Waals surface area contributed by atoms with Crippen LogP contribution in [0.3, 0.4) is 0 Å². The SMILES string of the molecule is OCCN1CCN(C2c3ccc(Br)cc3CC2(F)F)CC1. The summed E-state index contributed by atoms with van der Waals surface area (Å²) in [6, 6.07) is 4.67. The minimum absolute atomic E-state index is 0.121. The molecule has 21 heavy (non-hydrogen) atoms. The highest BCUT2D eigenvalue weighted by Gasteiger charge is 2.50. The van der Waals surface area contributed by atoms with Gasteiger partial charge in [0.25, 0.3) is 5.92 Å². The van der Waals surface area contributed by atoms with Gasteiger partial charge in [-0.15, -0.1) is 0 Å². The average Bonchev–Trinajstić information content (AvgIpc) is 2.69. The maximum absolute atomic E-state index is 14.5. The normalized spacial score (nSPS) is 26.0. The Morgan fingerprint density at radius 3 is 2.62 bits per heavy atom. The van der Waals surface area contributed by atoms with E-state index >= 15 is 0 Å². The summed E-state index contributed by atoms with van der Waals surface area (Å²) in [6.07, 6.45) is -0.177. The van der Waals surface area contributed by atoms with E-state index in [9.17, 15) is 8.78 Å². The van der Waals surface area contributed by atoms with Crippen molar-refractivity contribution in [2.45, 2.75) is 18.4 Å². The molecule has 1 aliphatic carbocycles. The highest BCUT2D eigenvalue weighted by atomic mass is 79.9. The second-order valence-corrected chi connectivity index (χ2v) is 6.70. The molecule has 0 saturated carbocycles. The summed E-state index contributed by atoms with van der Waals surface area (Å²) in [5, 5.41) is 8.96. The van der Waals surface area contributed by atoms with E-state index in [1.165, 1.54) is 0 Å². The van der Waals surface area contributed by atoms with Gasteiger partial charge in [-0.05, 0) is 23.3 Å². The van der Waals surface area contributed by atoms with E-state index < -0.39 is 12.0 Å². The van der Waals surface area contributed by atoms with E-state index in [1.54, 1.807) is 0 Å². The molecule has 6 heteroatoms. The van der Waals surface area contributed by atoms with Gasteiger partial charge in [-0.3, -0.25) is 9.80 Å². The van der Waals surface area contributed by atoms with Crippen LogP contribution in [0.2, 0.25) is 0 Å². The van der Waals surface area contributed by atoms with Crippen molar-refractivity contribution in [3.8, 4) is 0 Å². The van der Waals surface area contributed by atoms with Crippen LogP contribution in [0.4, 0.5) is 8.78 Å². The molecule has 0 aromatic heterocycles. The van der Waals surface area contributed by atoms with Crippen LogP contribution in [0.1, 0.15) is 17.2 Å². The van der Waals surface area contributed by atoms with Crippen LogP contribution >= 0.6 is 15.9 Å². The Bertz CT molecular complexity index is 518. The fourth-order valence-electron chi connectivity index (χ4n) is 3.42. The molecule has 1 atom stereocenters. The highest BCUT2D eigenvalue weighted by Crippen LogP contribution is 2.47. The van der Waals surface area contributed by atoms with Gasteiger partial charge >= 0.3 is 0 Å². The van der Waals surface area contributed by atoms with Crippen LogP contribution in [0.15, 0.2) is 22.7 Å². The lowest BCUT2D eigenvalue weighted by Crippen LogP contribution is -2.51. The molecule has 0 bridgehead atoms. The number of hydrogen-bond donors (Lipinski definition) is 1. The number of β-amino-alcohol motifs (C(OH)–C–C–N with tert-alkyl or cyclic N) is 1. The number of piperazine rings is 1. The molecule has 1 aromatic rings. The lowest BCUT2D eigenvalue weighted by atomic mass is 10.0. The first-order valence-electron chi connectivity index (χ1n) is 7.25. The van der Waals surface area contributed by atoms with Gasteiger partial charge < -0.3 is 5.11 Å². The van der Waals surface area contributed by atoms with E-state index in [-0.39, 0.29) is 13.0 Å². The molecule has 2 aliphatic rings. The van der Waals surface area contributed by atoms with E-state index in [4.69, 9.17) is 5.11 Å². The minimum Gasteiger partial charge on any atom is -0.395 e. The van der Waals surface area contributed by atoms with Gasteiger partial charge in [0.1, 0.15) is 0 Å². The molecule has 0 spiro atoms. The van der Waals surface area contributed by atoms with Gasteiger partial charge in [0, 0.05) is 43.6 Å². The number of aliphatic hydroxyl groups excluding tert-OH is 1. The fraction of sp³-hybridized carbons (Fsp3) is 0.600. The smallest absolute Gasteiger partial charge is 0.271 e. The third-order valence-electron chi connectivity index (χ3n) is 4.41. The summed E-state index contributed by atoms with van der Waals surface area (Å²) in [6.45, 7) is 3.46. The molecule has 0 amide bonds. The van der Waals surface area contributed by atoms with Crippen molar-refractivity contribution in [3.05, 3.63) is 33.8 Å². The number of halogens is 3. The molecule has 116 valence electrons. The summed E-state index contributed by atoms with van der Waals surface area (Å²) in [5.41, 5.74) is 1.51. The van der Waals surface area contributed by atoms with Crippen LogP contribution in [-0.4, -0.2) is 60.2 Å². The summed E-state index contributed by atoms with van der Waals surface area (Å²) < 4.78 is 29.8. The predicted octanol–water partition coefficient (Wildman–Crippen LogP) is 2.29. The Balaban J connectivity index is 1.79. The number of fused-ring (bicyclic) bond motifs is 1. The quantitative estimate of drug-likeness (QED) is 0.895. The van der Waals surface area contributed by atoms with Gasteiger partial charge in [-0.2, -0.15) is 0 Å². The average molecular weight is 361 g/mol. The molecule has 1 aliphatic heterocycles. The van der Waals surface area contributed by atoms with Crippen LogP contribution in [0, 0.1) is 0 Å². The number of aliphatic hydroxyl groups is 1. The number of alkyl halides is 2. The summed E-state index contributed by atoms with van der Waals surface area (Å²) in [5.74, 6) is -2.71. The molecule has 1 unspecified atom stereocenters. The van der Waals surface area contributed by atoms with Crippen molar-refractivity contribution in [2.24, 2.45) is 0 Å². The second kappa shape index (κ2) is 5.91. The first kappa shape index (κ1) is 15.3. The molecular formula is C15H19BrF2N2O. The highest BCUT2D eigenvalue weighted by molar-refractivity contribution is 9.10. The van der Waals surface area contributed by atoms with Crippen LogP contribution in [-0.2, 0) is 6.42 Å². The standard InChI is InChI=1S/C15H19BrF2N2O/c16-12-1-2-13-11(9-12)10-15(17,18)14(13)20-5-3-19(4-6-20)7-8-21/h1-2,9,14,21H,3-8,10H2. The summed E-state index contributed by atoms with van der Waals surface area (Å²) in [4.78, 5) is 4.01. The largest absolute Gasteiger partial charge is 0.395 e. The Kier molecular flexibility index (Phi) is 4.32. The van der Waals surface area contributed by atoms with Crippen molar-refractivity contribution in [1.82, 2.24) is 9.80 Å². The molecule has 0 radical (unpaired) electrons. The zero-order valence-corrected chi connectivity index (χ0v) is 13.3. The molecule has 3 nitrogen and oxygen atoms in total. The third-order valence-corrected chi connectivity index (χ3v) is 4.91. The van der Waals surface area contributed by atoms with Crippen molar-refractivity contribution < 1.29 is 13.9 Å². The molecule has 1 fully saturated rings. The lowest BCUT2D eigenvalue weighted by molar-refractivity contribution is -0.0821. The first-order chi connectivity index (χ1) is 10.0. The number of nitrogens with zero attached hydrogens (tertiary/aromatic N) is 2. The zero-order valence-electron chi connectivity index (χ0n) is 11.7. The zero-order chi connectivity index (χ0) is 15.0. The molecular weight excluding hydrogens is 342 g/mol. The topological polar surface area (TPSA) is 26.7 Å². The lowest BCUT2D eigenvalue weighted by Gasteiger charge is -2.39. The van der Waals surface area contributed by atoms with Crippen LogP contribution in [0.25, 0.3) is 0 Å². The van der Waals surface area contributed by atoms with Crippen molar-refractivity contribution in [3.63, 3.8) is 0 Å². The predicted molar refractivity (Wildman–Crippen MR) is 80.6 cm³/mol. The van der Waals surface area contributed by atoms with Gasteiger partial charge in [-0.25, -0.2) is 8.78 Å². The van der Waals surface area contributed by atoms with E-state index in [0.717, 1.165) is 28.7 Å². The minimum atomic E-state index is -2.71. The summed E-state index contributed by atoms with van der Waals surface area (Å²) in [7, 11) is 0. The molecule has 1 heterocycles. The Morgan fingerprint density at radius 2 is 1.95 bits per heavy atom. The van der Waals surface area contributed by atoms with Crippen molar-refractivity contribution in [2.75, 3.05) is 39.3 Å². The molecule has 3 rings (SSSR count). The molecule has 1 saturated heterocycles. The number of hydrogen-bond acceptors (Lipinski definition) is 3. The van der Waals surface area contributed by atoms with Gasteiger partial charge in [0.05, 0.1) is 12.6 Å². The van der Waals surface area contributed by atoms with E-state index in [0.29, 0.717) is 19.6 Å².